The van der Waals surface area contributed by atoms with Crippen molar-refractivity contribution in [1.82, 2.24) is 50.2 Å². The van der Waals surface area contributed by atoms with Gasteiger partial charge in [0.2, 0.25) is 11.9 Å². The molecule has 8 aliphatic rings. The second-order valence-corrected chi connectivity index (χ2v) is 35.4. The smallest absolute Gasteiger partial charge is 0.324 e. The van der Waals surface area contributed by atoms with Crippen molar-refractivity contribution in [3.63, 3.8) is 0 Å². The Labute approximate surface area is 568 Å². The maximum Gasteiger partial charge on any atom is 0.324 e. The largest absolute Gasteiger partial charge is 0.460 e. The number of hydrogen-bond acceptors (Lipinski definition) is 20. The van der Waals surface area contributed by atoms with Gasteiger partial charge in [0.15, 0.2) is 0 Å². The minimum Gasteiger partial charge on any atom is -0.460 e. The molecule has 8 fully saturated rings. The van der Waals surface area contributed by atoms with E-state index in [1.807, 2.05) is 0 Å². The molecule has 0 atom stereocenters. The molecule has 0 unspecified atom stereocenters. The third-order valence-corrected chi connectivity index (χ3v) is 22.1. The Morgan fingerprint density at radius 2 is 0.468 bits per heavy atom. The molecule has 0 spiro atoms. The topological polar surface area (TPSA) is 171 Å². The van der Waals surface area contributed by atoms with Gasteiger partial charge < -0.3 is 28.7 Å². The number of unbranched alkanes of at least 4 members (excludes halogenated alkanes) is 3. The predicted molar refractivity (Wildman–Crippen MR) is 371 cm³/mol. The molecule has 4 aliphatic carbocycles. The van der Waals surface area contributed by atoms with Gasteiger partial charge in [0, 0.05) is 123 Å². The number of rotatable bonds is 25. The summed E-state index contributed by atoms with van der Waals surface area (Å²) in [6.45, 7) is 38.0. The summed E-state index contributed by atoms with van der Waals surface area (Å²) in [5.74, 6) is 1.10. The molecule has 20 nitrogen and oxygen atoms in total. The zero-order valence-corrected chi connectivity index (χ0v) is 62.3. The standard InChI is InChI=1S/C74H130N12O8/c1-67(2)45-57(46-68(3,4)83(67)91-53-35-25-21-26-36-53)87-63-75-61(76-64(79-63)88-58-47-69(5,6)84(70(7,8)48-58)92-54-37-27-22-28-38-54)81(17)43-33-19-20-34-44-82(18)62-77-65(89-59-49-71(9,10)85(72(11,12)50-59)93-55-39-29-23-30-40-55)80-66(78-62)90-60-51-73(13,14)86(74(15,16)52-60)94-56-41-31-24-32-42-56/h53-60H,19-52H2,1-18H3. The van der Waals surface area contributed by atoms with Gasteiger partial charge in [-0.25, -0.2) is 0 Å². The van der Waals surface area contributed by atoms with Gasteiger partial charge in [-0.2, -0.15) is 40.2 Å². The second kappa shape index (κ2) is 30.1. The molecule has 4 aliphatic heterocycles. The Hall–Kier alpha value is -3.50. The SMILES string of the molecule is CN(CCCCCCN(C)c1nc(OC2CC(C)(C)N(OC3CCCCC3)C(C)(C)C2)nc(OC2CC(C)(C)N(OC3CCCCC3)C(C)(C)C2)n1)c1nc(OC2CC(C)(C)N(OC3CCCCC3)C(C)(C)C2)nc(OC2CC(C)(C)N(OC3CCCCC3)C(C)(C)C2)n1. The molecule has 0 bridgehead atoms. The van der Waals surface area contributed by atoms with E-state index in [1.165, 1.54) is 77.0 Å². The van der Waals surface area contributed by atoms with E-state index in [4.69, 9.17) is 68.2 Å². The quantitative estimate of drug-likeness (QED) is 0.0859. The third kappa shape index (κ3) is 18.9. The van der Waals surface area contributed by atoms with Crippen molar-refractivity contribution in [2.75, 3.05) is 37.0 Å². The average molecular weight is 1320 g/mol. The van der Waals surface area contributed by atoms with Crippen LogP contribution in [0.3, 0.4) is 0 Å². The van der Waals surface area contributed by atoms with Gasteiger partial charge in [-0.05, 0) is 175 Å². The normalized spacial score (nSPS) is 26.4. The molecule has 0 aromatic carbocycles. The summed E-state index contributed by atoms with van der Waals surface area (Å²) in [6, 6.07) is 1.22. The van der Waals surface area contributed by atoms with Gasteiger partial charge in [0.25, 0.3) is 0 Å². The Balaban J connectivity index is 0.802. The minimum absolute atomic E-state index is 0.139. The second-order valence-electron chi connectivity index (χ2n) is 35.4. The fourth-order valence-electron chi connectivity index (χ4n) is 18.5. The summed E-state index contributed by atoms with van der Waals surface area (Å²) in [4.78, 5) is 62.0. The lowest BCUT2D eigenvalue weighted by Crippen LogP contribution is -2.63. The van der Waals surface area contributed by atoms with Crippen LogP contribution < -0.4 is 28.7 Å². The summed E-state index contributed by atoms with van der Waals surface area (Å²) in [7, 11) is 4.15. The number of hydrogen-bond donors (Lipinski definition) is 0. The molecule has 4 saturated heterocycles. The van der Waals surface area contributed by atoms with Gasteiger partial charge in [0.05, 0.1) is 24.4 Å². The molecule has 2 aromatic rings. The van der Waals surface area contributed by atoms with E-state index in [0.717, 1.165) is 142 Å². The van der Waals surface area contributed by atoms with E-state index >= 15 is 0 Å². The summed E-state index contributed by atoms with van der Waals surface area (Å²) in [5.41, 5.74) is -2.19. The lowest BCUT2D eigenvalue weighted by atomic mass is 9.80. The molecule has 534 valence electrons. The van der Waals surface area contributed by atoms with Crippen LogP contribution in [0.15, 0.2) is 0 Å². The number of piperidine rings is 4. The van der Waals surface area contributed by atoms with Crippen molar-refractivity contribution in [3.05, 3.63) is 0 Å². The third-order valence-electron chi connectivity index (χ3n) is 22.1. The van der Waals surface area contributed by atoms with Gasteiger partial charge in [-0.15, -0.1) is 9.97 Å². The van der Waals surface area contributed by atoms with Crippen LogP contribution >= 0.6 is 0 Å². The highest BCUT2D eigenvalue weighted by Crippen LogP contribution is 2.47. The van der Waals surface area contributed by atoms with E-state index < -0.39 is 0 Å². The van der Waals surface area contributed by atoms with E-state index in [2.05, 4.69) is 155 Å². The summed E-state index contributed by atoms with van der Waals surface area (Å²) >= 11 is 0. The zero-order chi connectivity index (χ0) is 67.5. The van der Waals surface area contributed by atoms with Crippen LogP contribution in [0.2, 0.25) is 0 Å². The highest BCUT2D eigenvalue weighted by molar-refractivity contribution is 5.32. The Morgan fingerprint density at radius 3 is 0.660 bits per heavy atom. The molecule has 0 radical (unpaired) electrons. The molecular weight excluding hydrogens is 1180 g/mol. The number of anilines is 2. The first-order valence-corrected chi connectivity index (χ1v) is 37.7. The van der Waals surface area contributed by atoms with Crippen LogP contribution in [0.4, 0.5) is 11.9 Å². The fourth-order valence-corrected chi connectivity index (χ4v) is 18.5. The van der Waals surface area contributed by atoms with Crippen molar-refractivity contribution in [2.24, 2.45) is 0 Å². The molecule has 6 heterocycles. The minimum atomic E-state index is -0.274. The fraction of sp³-hybridized carbons (Fsp3) is 0.919. The Morgan fingerprint density at radius 1 is 0.277 bits per heavy atom. The van der Waals surface area contributed by atoms with Crippen molar-refractivity contribution < 1.29 is 38.3 Å². The highest BCUT2D eigenvalue weighted by atomic mass is 16.7. The van der Waals surface area contributed by atoms with E-state index in [1.54, 1.807) is 0 Å². The lowest BCUT2D eigenvalue weighted by molar-refractivity contribution is -0.316. The molecule has 4 saturated carbocycles. The average Bonchev–Trinajstić information content (AvgIpc) is 0.785. The van der Waals surface area contributed by atoms with Crippen LogP contribution in [-0.4, -0.2) is 170 Å². The van der Waals surface area contributed by atoms with Crippen molar-refractivity contribution in [2.45, 2.75) is 409 Å². The molecule has 0 amide bonds. The van der Waals surface area contributed by atoms with Crippen LogP contribution in [0.5, 0.6) is 24.0 Å². The first-order chi connectivity index (χ1) is 44.2. The van der Waals surface area contributed by atoms with E-state index in [9.17, 15) is 0 Å². The maximum absolute atomic E-state index is 6.94. The number of hydroxylamine groups is 8. The highest BCUT2D eigenvalue weighted by Gasteiger charge is 2.53. The number of nitrogens with zero attached hydrogens (tertiary/aromatic N) is 12. The molecule has 2 aromatic heterocycles. The van der Waals surface area contributed by atoms with Gasteiger partial charge >= 0.3 is 24.0 Å². The Kier molecular flexibility index (Phi) is 23.5. The number of aromatic nitrogens is 6. The van der Waals surface area contributed by atoms with Crippen LogP contribution in [0.25, 0.3) is 0 Å². The van der Waals surface area contributed by atoms with Gasteiger partial charge in [-0.3, -0.25) is 19.4 Å². The monoisotopic (exact) mass is 1320 g/mol. The summed E-state index contributed by atoms with van der Waals surface area (Å²) in [6.07, 6.45) is 34.5. The Bertz CT molecular complexity index is 2310. The molecule has 20 heteroatoms. The van der Waals surface area contributed by atoms with Crippen LogP contribution in [0, 0.1) is 0 Å². The van der Waals surface area contributed by atoms with Crippen LogP contribution in [-0.2, 0) is 19.4 Å². The molecular formula is C74H130N12O8. The lowest BCUT2D eigenvalue weighted by Gasteiger charge is -2.54. The van der Waals surface area contributed by atoms with Gasteiger partial charge in [-0.1, -0.05) is 89.9 Å². The zero-order valence-electron chi connectivity index (χ0n) is 62.3. The van der Waals surface area contributed by atoms with Gasteiger partial charge in [0.1, 0.15) is 24.4 Å². The van der Waals surface area contributed by atoms with Crippen LogP contribution in [0.1, 0.15) is 316 Å². The number of ether oxygens (including phenoxy) is 4. The molecule has 94 heavy (non-hydrogen) atoms. The van der Waals surface area contributed by atoms with Crippen molar-refractivity contribution >= 4 is 11.9 Å². The summed E-state index contributed by atoms with van der Waals surface area (Å²) < 4.78 is 27.7. The van der Waals surface area contributed by atoms with E-state index in [0.29, 0.717) is 35.9 Å². The van der Waals surface area contributed by atoms with E-state index in [-0.39, 0.29) is 93.1 Å². The first-order valence-electron chi connectivity index (χ1n) is 37.7. The van der Waals surface area contributed by atoms with Crippen molar-refractivity contribution in [1.29, 1.82) is 0 Å². The molecule has 10 rings (SSSR count). The predicted octanol–water partition coefficient (Wildman–Crippen LogP) is 15.8. The maximum atomic E-state index is 6.94. The van der Waals surface area contributed by atoms with Crippen molar-refractivity contribution in [3.8, 4) is 24.0 Å². The molecule has 0 N–H and O–H groups in total. The summed E-state index contributed by atoms with van der Waals surface area (Å²) in [5, 5.41) is 9.14. The first kappa shape index (κ1) is 73.2.